The highest BCUT2D eigenvalue weighted by Gasteiger charge is 2.34. The number of phenolic OH excluding ortho intramolecular Hbond substituents is 1. The van der Waals surface area contributed by atoms with Gasteiger partial charge in [-0.25, -0.2) is 4.99 Å². The molecule has 0 aromatic heterocycles. The number of fused-ring (bicyclic) bond motifs is 1. The van der Waals surface area contributed by atoms with E-state index in [2.05, 4.69) is 17.2 Å². The Kier molecular flexibility index (Phi) is 8.14. The number of aromatic hydroxyl groups is 1. The first-order valence-electron chi connectivity index (χ1n) is 13.0. The molecule has 0 saturated heterocycles. The predicted octanol–water partition coefficient (Wildman–Crippen LogP) is 5.43. The summed E-state index contributed by atoms with van der Waals surface area (Å²) in [6.45, 7) is 8.44. The topological polar surface area (TPSA) is 132 Å². The van der Waals surface area contributed by atoms with Gasteiger partial charge in [0.2, 0.25) is 5.91 Å². The summed E-state index contributed by atoms with van der Waals surface area (Å²) in [5.41, 5.74) is 16.4. The van der Waals surface area contributed by atoms with Crippen molar-refractivity contribution in [3.05, 3.63) is 82.4 Å². The number of hydrogen-bond donors (Lipinski definition) is 4. The van der Waals surface area contributed by atoms with Crippen LogP contribution in [0.25, 0.3) is 6.08 Å². The maximum Gasteiger partial charge on any atom is 0.248 e. The molecule has 0 spiro atoms. The summed E-state index contributed by atoms with van der Waals surface area (Å²) in [5, 5.41) is 13.3. The second-order valence-electron chi connectivity index (χ2n) is 10.2. The molecule has 1 heterocycles. The van der Waals surface area contributed by atoms with Gasteiger partial charge in [-0.05, 0) is 93.1 Å². The van der Waals surface area contributed by atoms with Crippen molar-refractivity contribution in [3.63, 3.8) is 0 Å². The van der Waals surface area contributed by atoms with Crippen LogP contribution in [-0.2, 0) is 11.2 Å². The Hall–Kier alpha value is -4.46. The van der Waals surface area contributed by atoms with E-state index in [9.17, 15) is 9.90 Å². The lowest BCUT2D eigenvalue weighted by molar-refractivity contribution is -0.111. The third-order valence-electron chi connectivity index (χ3n) is 7.17. The Morgan fingerprint density at radius 3 is 2.59 bits per heavy atom. The van der Waals surface area contributed by atoms with Crippen LogP contribution in [0.4, 0.5) is 11.4 Å². The normalized spacial score (nSPS) is 16.3. The summed E-state index contributed by atoms with van der Waals surface area (Å²) < 4.78 is 12.5. The van der Waals surface area contributed by atoms with Gasteiger partial charge >= 0.3 is 0 Å². The third-order valence-corrected chi connectivity index (χ3v) is 7.17. The van der Waals surface area contributed by atoms with Crippen LogP contribution in [0.5, 0.6) is 17.2 Å². The number of aliphatic imine (C=N–C) groups is 1. The highest BCUT2D eigenvalue weighted by atomic mass is 16.5. The first-order chi connectivity index (χ1) is 18.5. The quantitative estimate of drug-likeness (QED) is 0.175. The van der Waals surface area contributed by atoms with Crippen LogP contribution in [-0.4, -0.2) is 29.2 Å². The number of benzene rings is 3. The Morgan fingerprint density at radius 1 is 1.13 bits per heavy atom. The fraction of sp³-hybridized carbons (Fsp3) is 0.290. The van der Waals surface area contributed by atoms with Crippen LogP contribution in [0, 0.1) is 20.8 Å². The number of nitrogens with one attached hydrogen (secondary N) is 1. The number of hydrogen-bond acceptors (Lipinski definition) is 5. The van der Waals surface area contributed by atoms with Gasteiger partial charge in [0.15, 0.2) is 5.96 Å². The lowest BCUT2D eigenvalue weighted by atomic mass is 9.86. The van der Waals surface area contributed by atoms with E-state index < -0.39 is 0 Å². The molecule has 0 fully saturated rings. The van der Waals surface area contributed by atoms with E-state index in [0.717, 1.165) is 46.4 Å². The summed E-state index contributed by atoms with van der Waals surface area (Å²) in [7, 11) is 0. The van der Waals surface area contributed by atoms with Gasteiger partial charge in [-0.3, -0.25) is 4.79 Å². The van der Waals surface area contributed by atoms with E-state index >= 15 is 0 Å². The molecule has 39 heavy (non-hydrogen) atoms. The van der Waals surface area contributed by atoms with Crippen LogP contribution >= 0.6 is 0 Å². The number of carbonyl (C=O) groups is 1. The monoisotopic (exact) mass is 528 g/mol. The van der Waals surface area contributed by atoms with Crippen LogP contribution in [0.1, 0.15) is 47.6 Å². The van der Waals surface area contributed by atoms with Crippen LogP contribution in [0.2, 0.25) is 0 Å². The van der Waals surface area contributed by atoms with Crippen molar-refractivity contribution in [2.75, 3.05) is 11.9 Å². The largest absolute Gasteiger partial charge is 0.507 e. The zero-order valence-electron chi connectivity index (χ0n) is 22.9. The van der Waals surface area contributed by atoms with Crippen molar-refractivity contribution in [1.29, 1.82) is 0 Å². The molecule has 0 radical (unpaired) electrons. The van der Waals surface area contributed by atoms with Gasteiger partial charge in [-0.2, -0.15) is 0 Å². The van der Waals surface area contributed by atoms with Crippen LogP contribution in [0.3, 0.4) is 0 Å². The Balaban J connectivity index is 1.32. The highest BCUT2D eigenvalue weighted by Crippen LogP contribution is 2.44. The number of nitrogens with two attached hydrogens (primary N) is 2. The molecule has 204 valence electrons. The maximum absolute atomic E-state index is 12.4. The molecule has 1 aliphatic rings. The van der Waals surface area contributed by atoms with E-state index in [1.807, 2.05) is 51.1 Å². The molecule has 8 nitrogen and oxygen atoms in total. The van der Waals surface area contributed by atoms with Crippen molar-refractivity contribution < 1.29 is 19.4 Å². The van der Waals surface area contributed by atoms with E-state index in [1.165, 1.54) is 6.08 Å². The van der Waals surface area contributed by atoms with Gasteiger partial charge in [0.05, 0.1) is 12.3 Å². The summed E-state index contributed by atoms with van der Waals surface area (Å²) in [4.78, 5) is 16.4. The number of phenols is 1. The molecule has 3 aromatic carbocycles. The molecular formula is C31H36N4O4. The predicted molar refractivity (Wildman–Crippen MR) is 156 cm³/mol. The van der Waals surface area contributed by atoms with Crippen molar-refractivity contribution in [3.8, 4) is 17.2 Å². The van der Waals surface area contributed by atoms with E-state index in [4.69, 9.17) is 20.9 Å². The fourth-order valence-corrected chi connectivity index (χ4v) is 4.68. The lowest BCUT2D eigenvalue weighted by Crippen LogP contribution is -2.38. The third kappa shape index (κ3) is 6.71. The molecular weight excluding hydrogens is 492 g/mol. The zero-order chi connectivity index (χ0) is 28.2. The Morgan fingerprint density at radius 2 is 1.87 bits per heavy atom. The number of rotatable bonds is 8. The van der Waals surface area contributed by atoms with Crippen molar-refractivity contribution in [2.45, 2.75) is 52.6 Å². The molecule has 1 atom stereocenters. The molecule has 1 unspecified atom stereocenters. The Bertz CT molecular complexity index is 1430. The van der Waals surface area contributed by atoms with E-state index in [-0.39, 0.29) is 17.5 Å². The van der Waals surface area contributed by atoms with Gasteiger partial charge in [0.25, 0.3) is 0 Å². The highest BCUT2D eigenvalue weighted by molar-refractivity contribution is 6.02. The average Bonchev–Trinajstić information content (AvgIpc) is 2.90. The SMILES string of the molecule is Cc1c(C)c2c(c(C)c1O)CCC(C)(CCOc1cccc(NC(=O)/C=C/c3ccc(N=C(N)N)cc3)c1)O2. The van der Waals surface area contributed by atoms with E-state index in [0.29, 0.717) is 35.9 Å². The average molecular weight is 529 g/mol. The molecule has 0 aliphatic carbocycles. The minimum absolute atomic E-state index is 0.00620. The molecule has 3 aromatic rings. The van der Waals surface area contributed by atoms with Gasteiger partial charge < -0.3 is 31.4 Å². The number of guanidine groups is 1. The second kappa shape index (κ2) is 11.5. The minimum Gasteiger partial charge on any atom is -0.507 e. The molecule has 4 rings (SSSR count). The van der Waals surface area contributed by atoms with Crippen LogP contribution < -0.4 is 26.3 Å². The molecule has 1 aliphatic heterocycles. The van der Waals surface area contributed by atoms with E-state index in [1.54, 1.807) is 24.3 Å². The summed E-state index contributed by atoms with van der Waals surface area (Å²) in [5.74, 6) is 1.66. The maximum atomic E-state index is 12.4. The molecule has 1 amide bonds. The van der Waals surface area contributed by atoms with Gasteiger partial charge in [-0.1, -0.05) is 18.2 Å². The van der Waals surface area contributed by atoms with Gasteiger partial charge in [-0.15, -0.1) is 0 Å². The fourth-order valence-electron chi connectivity index (χ4n) is 4.68. The molecule has 0 saturated carbocycles. The number of amides is 1. The summed E-state index contributed by atoms with van der Waals surface area (Å²) >= 11 is 0. The first-order valence-corrected chi connectivity index (χ1v) is 13.0. The molecule has 6 N–H and O–H groups in total. The summed E-state index contributed by atoms with van der Waals surface area (Å²) in [6.07, 6.45) is 5.57. The second-order valence-corrected chi connectivity index (χ2v) is 10.2. The minimum atomic E-state index is -0.369. The molecule has 8 heteroatoms. The Labute approximate surface area is 229 Å². The van der Waals surface area contributed by atoms with Gasteiger partial charge in [0.1, 0.15) is 22.8 Å². The first kappa shape index (κ1) is 27.6. The van der Waals surface area contributed by atoms with Crippen molar-refractivity contribution >= 4 is 29.3 Å². The van der Waals surface area contributed by atoms with Crippen LogP contribution in [0.15, 0.2) is 59.6 Å². The number of anilines is 1. The van der Waals surface area contributed by atoms with Crippen molar-refractivity contribution in [2.24, 2.45) is 16.5 Å². The van der Waals surface area contributed by atoms with Crippen molar-refractivity contribution in [1.82, 2.24) is 0 Å². The standard InChI is InChI=1S/C31H36N4O4/c1-19-20(2)29-26(21(3)28(19)37)14-15-31(4,39-29)16-17-38-25-7-5-6-24(18-25)34-27(36)13-10-22-8-11-23(12-9-22)35-30(32)33/h5-13,18,37H,14-17H2,1-4H3,(H,34,36)(H4,32,33,35)/b13-10+. The smallest absolute Gasteiger partial charge is 0.248 e. The number of nitrogens with zero attached hydrogens (tertiary/aromatic N) is 1. The summed E-state index contributed by atoms with van der Waals surface area (Å²) in [6, 6.07) is 14.5. The van der Waals surface area contributed by atoms with Gasteiger partial charge in [0, 0.05) is 29.8 Å². The molecule has 0 bridgehead atoms. The zero-order valence-corrected chi connectivity index (χ0v) is 22.9. The lowest BCUT2D eigenvalue weighted by Gasteiger charge is -2.38. The number of ether oxygens (including phenoxy) is 2. The number of carbonyl (C=O) groups excluding carboxylic acids is 1.